The van der Waals surface area contributed by atoms with Crippen molar-refractivity contribution in [2.24, 2.45) is 0 Å². The van der Waals surface area contributed by atoms with Crippen LogP contribution < -0.4 is 10.1 Å². The van der Waals surface area contributed by atoms with Crippen molar-refractivity contribution >= 4 is 5.91 Å². The summed E-state index contributed by atoms with van der Waals surface area (Å²) in [4.78, 5) is 14.8. The third kappa shape index (κ3) is 4.21. The fourth-order valence-electron chi connectivity index (χ4n) is 2.51. The Morgan fingerprint density at radius 3 is 2.50 bits per heavy atom. The number of hydrogen-bond acceptors (Lipinski definition) is 4. The first kappa shape index (κ1) is 16.8. The molecular weight excluding hydrogens is 280 g/mol. The van der Waals surface area contributed by atoms with Crippen molar-refractivity contribution in [1.29, 1.82) is 0 Å². The van der Waals surface area contributed by atoms with Gasteiger partial charge in [0.1, 0.15) is 5.75 Å². The third-order valence-electron chi connectivity index (χ3n) is 4.20. The highest BCUT2D eigenvalue weighted by molar-refractivity contribution is 5.87. The molecule has 122 valence electrons. The molecule has 5 heteroatoms. The second kappa shape index (κ2) is 7.61. The van der Waals surface area contributed by atoms with E-state index in [1.54, 1.807) is 7.11 Å². The predicted molar refractivity (Wildman–Crippen MR) is 86.3 cm³/mol. The van der Waals surface area contributed by atoms with E-state index < -0.39 is 5.41 Å². The highest BCUT2D eigenvalue weighted by atomic mass is 16.5. The Balaban J connectivity index is 1.86. The van der Waals surface area contributed by atoms with Gasteiger partial charge in [-0.25, -0.2) is 0 Å². The molecule has 0 unspecified atom stereocenters. The smallest absolute Gasteiger partial charge is 0.230 e. The van der Waals surface area contributed by atoms with E-state index in [0.29, 0.717) is 6.54 Å². The number of nitrogens with zero attached hydrogens (tertiary/aromatic N) is 1. The topological polar surface area (TPSA) is 50.8 Å². The number of benzene rings is 1. The highest BCUT2D eigenvalue weighted by Crippen LogP contribution is 2.25. The quantitative estimate of drug-likeness (QED) is 0.863. The molecule has 0 spiro atoms. The first-order chi connectivity index (χ1) is 10.5. The van der Waals surface area contributed by atoms with Crippen LogP contribution in [0.4, 0.5) is 0 Å². The van der Waals surface area contributed by atoms with Crippen molar-refractivity contribution in [3.63, 3.8) is 0 Å². The number of methoxy groups -OCH3 is 1. The minimum atomic E-state index is -0.558. The molecule has 22 heavy (non-hydrogen) atoms. The largest absolute Gasteiger partial charge is 0.497 e. The van der Waals surface area contributed by atoms with E-state index in [9.17, 15) is 4.79 Å². The monoisotopic (exact) mass is 306 g/mol. The second-order valence-electron chi connectivity index (χ2n) is 6.06. The summed E-state index contributed by atoms with van der Waals surface area (Å²) in [7, 11) is 1.64. The SMILES string of the molecule is COc1ccc(C(C)(C)C(=O)NCCN2CCOCC2)cc1. The van der Waals surface area contributed by atoms with Crippen molar-refractivity contribution in [1.82, 2.24) is 10.2 Å². The van der Waals surface area contributed by atoms with Gasteiger partial charge in [0.05, 0.1) is 25.7 Å². The maximum Gasteiger partial charge on any atom is 0.230 e. The average molecular weight is 306 g/mol. The summed E-state index contributed by atoms with van der Waals surface area (Å²) < 4.78 is 10.5. The number of rotatable bonds is 6. The number of nitrogens with one attached hydrogen (secondary N) is 1. The molecule has 1 aliphatic heterocycles. The molecule has 5 nitrogen and oxygen atoms in total. The van der Waals surface area contributed by atoms with Crippen LogP contribution in [-0.4, -0.2) is 57.3 Å². The van der Waals surface area contributed by atoms with E-state index in [2.05, 4.69) is 10.2 Å². The van der Waals surface area contributed by atoms with Gasteiger partial charge < -0.3 is 14.8 Å². The summed E-state index contributed by atoms with van der Waals surface area (Å²) in [6.45, 7) is 8.87. The molecule has 0 radical (unpaired) electrons. The van der Waals surface area contributed by atoms with Crippen LogP contribution in [0.5, 0.6) is 5.75 Å². The Hall–Kier alpha value is -1.59. The first-order valence-corrected chi connectivity index (χ1v) is 7.77. The molecular formula is C17H26N2O3. The zero-order chi connectivity index (χ0) is 16.0. The zero-order valence-corrected chi connectivity index (χ0v) is 13.7. The molecule has 1 heterocycles. The van der Waals surface area contributed by atoms with Gasteiger partial charge >= 0.3 is 0 Å². The second-order valence-corrected chi connectivity index (χ2v) is 6.06. The lowest BCUT2D eigenvalue weighted by Gasteiger charge is -2.28. The minimum Gasteiger partial charge on any atom is -0.497 e. The van der Waals surface area contributed by atoms with Gasteiger partial charge in [-0.1, -0.05) is 12.1 Å². The van der Waals surface area contributed by atoms with Gasteiger partial charge in [-0.05, 0) is 31.5 Å². The lowest BCUT2D eigenvalue weighted by Crippen LogP contribution is -2.45. The molecule has 1 aromatic rings. The maximum atomic E-state index is 12.5. The van der Waals surface area contributed by atoms with E-state index in [1.807, 2.05) is 38.1 Å². The van der Waals surface area contributed by atoms with E-state index >= 15 is 0 Å². The van der Waals surface area contributed by atoms with Gasteiger partial charge in [-0.15, -0.1) is 0 Å². The number of hydrogen-bond donors (Lipinski definition) is 1. The molecule has 0 bridgehead atoms. The van der Waals surface area contributed by atoms with Gasteiger partial charge in [0.25, 0.3) is 0 Å². The third-order valence-corrected chi connectivity index (χ3v) is 4.20. The van der Waals surface area contributed by atoms with Gasteiger partial charge in [-0.3, -0.25) is 9.69 Å². The number of carbonyl (C=O) groups excluding carboxylic acids is 1. The Morgan fingerprint density at radius 2 is 1.91 bits per heavy atom. The van der Waals surface area contributed by atoms with Gasteiger partial charge in [0.2, 0.25) is 5.91 Å². The summed E-state index contributed by atoms with van der Waals surface area (Å²) in [6.07, 6.45) is 0. The Kier molecular flexibility index (Phi) is 5.80. The summed E-state index contributed by atoms with van der Waals surface area (Å²) in [5.41, 5.74) is 0.425. The summed E-state index contributed by atoms with van der Waals surface area (Å²) in [5, 5.41) is 3.04. The average Bonchev–Trinajstić information content (AvgIpc) is 2.55. The molecule has 1 aromatic carbocycles. The number of amides is 1. The predicted octanol–water partition coefficient (Wildman–Crippen LogP) is 1.42. The molecule has 2 rings (SSSR count). The zero-order valence-electron chi connectivity index (χ0n) is 13.7. The van der Waals surface area contributed by atoms with E-state index in [1.165, 1.54) is 0 Å². The molecule has 1 amide bonds. The van der Waals surface area contributed by atoms with Crippen molar-refractivity contribution in [2.45, 2.75) is 19.3 Å². The Morgan fingerprint density at radius 1 is 1.27 bits per heavy atom. The van der Waals surface area contributed by atoms with Gasteiger partial charge in [-0.2, -0.15) is 0 Å². The Labute approximate surface area is 132 Å². The molecule has 0 atom stereocenters. The molecule has 1 saturated heterocycles. The van der Waals surface area contributed by atoms with Crippen LogP contribution in [0.2, 0.25) is 0 Å². The fraction of sp³-hybridized carbons (Fsp3) is 0.588. The summed E-state index contributed by atoms with van der Waals surface area (Å²) in [6, 6.07) is 7.66. The van der Waals surface area contributed by atoms with Crippen molar-refractivity contribution in [3.05, 3.63) is 29.8 Å². The van der Waals surface area contributed by atoms with Crippen LogP contribution in [0.1, 0.15) is 19.4 Å². The molecule has 1 aliphatic rings. The van der Waals surface area contributed by atoms with Crippen molar-refractivity contribution in [3.8, 4) is 5.75 Å². The van der Waals surface area contributed by atoms with Crippen molar-refractivity contribution < 1.29 is 14.3 Å². The maximum absolute atomic E-state index is 12.5. The van der Waals surface area contributed by atoms with Crippen LogP contribution in [0.25, 0.3) is 0 Å². The minimum absolute atomic E-state index is 0.0472. The summed E-state index contributed by atoms with van der Waals surface area (Å²) in [5.74, 6) is 0.846. The van der Waals surface area contributed by atoms with E-state index in [-0.39, 0.29) is 5.91 Å². The molecule has 1 N–H and O–H groups in total. The van der Waals surface area contributed by atoms with Crippen LogP contribution in [-0.2, 0) is 14.9 Å². The normalized spacial score (nSPS) is 16.3. The van der Waals surface area contributed by atoms with Crippen LogP contribution in [0, 0.1) is 0 Å². The van der Waals surface area contributed by atoms with Crippen LogP contribution in [0.3, 0.4) is 0 Å². The number of ether oxygens (including phenoxy) is 2. The Bertz CT molecular complexity index is 479. The fourth-order valence-corrected chi connectivity index (χ4v) is 2.51. The lowest BCUT2D eigenvalue weighted by molar-refractivity contribution is -0.125. The standard InChI is InChI=1S/C17H26N2O3/c1-17(2,14-4-6-15(21-3)7-5-14)16(20)18-8-9-19-10-12-22-13-11-19/h4-7H,8-13H2,1-3H3,(H,18,20). The first-order valence-electron chi connectivity index (χ1n) is 7.77. The molecule has 0 saturated carbocycles. The van der Waals surface area contributed by atoms with Gasteiger partial charge in [0.15, 0.2) is 0 Å². The highest BCUT2D eigenvalue weighted by Gasteiger charge is 2.29. The number of carbonyl (C=O) groups is 1. The van der Waals surface area contributed by atoms with Crippen LogP contribution >= 0.6 is 0 Å². The number of morpholine rings is 1. The molecule has 0 aromatic heterocycles. The van der Waals surface area contributed by atoms with Crippen LogP contribution in [0.15, 0.2) is 24.3 Å². The van der Waals surface area contributed by atoms with Gasteiger partial charge in [0, 0.05) is 26.2 Å². The molecule has 1 fully saturated rings. The summed E-state index contributed by atoms with van der Waals surface area (Å²) >= 11 is 0. The van der Waals surface area contributed by atoms with E-state index in [0.717, 1.165) is 44.2 Å². The molecule has 0 aliphatic carbocycles. The van der Waals surface area contributed by atoms with Crippen molar-refractivity contribution in [2.75, 3.05) is 46.5 Å². The van der Waals surface area contributed by atoms with E-state index in [4.69, 9.17) is 9.47 Å². The lowest BCUT2D eigenvalue weighted by atomic mass is 9.83.